The number of halogens is 1. The first-order chi connectivity index (χ1) is 4.92. The summed E-state index contributed by atoms with van der Waals surface area (Å²) >= 11 is 5.95. The van der Waals surface area contributed by atoms with Crippen LogP contribution in [0.2, 0.25) is 0 Å². The summed E-state index contributed by atoms with van der Waals surface area (Å²) in [5, 5.41) is 8.86. The minimum atomic E-state index is -0.696. The van der Waals surface area contributed by atoms with Crippen molar-refractivity contribution < 1.29 is 9.90 Å². The van der Waals surface area contributed by atoms with Gasteiger partial charge in [0.1, 0.15) is 0 Å². The SMILES string of the molecule is CCC1(C(=O)O)CC(C)(Cl)C1. The van der Waals surface area contributed by atoms with E-state index in [2.05, 4.69) is 0 Å². The van der Waals surface area contributed by atoms with Gasteiger partial charge in [0, 0.05) is 4.87 Å². The minimum Gasteiger partial charge on any atom is -0.481 e. The van der Waals surface area contributed by atoms with Crippen molar-refractivity contribution in [3.63, 3.8) is 0 Å². The lowest BCUT2D eigenvalue weighted by Gasteiger charge is -2.48. The highest BCUT2D eigenvalue weighted by atomic mass is 35.5. The molecule has 1 aliphatic rings. The van der Waals surface area contributed by atoms with Gasteiger partial charge in [-0.2, -0.15) is 0 Å². The molecule has 0 amide bonds. The van der Waals surface area contributed by atoms with Crippen LogP contribution in [0.15, 0.2) is 0 Å². The highest BCUT2D eigenvalue weighted by Crippen LogP contribution is 2.54. The largest absolute Gasteiger partial charge is 0.481 e. The first-order valence-electron chi connectivity index (χ1n) is 3.84. The molecule has 1 saturated carbocycles. The van der Waals surface area contributed by atoms with Crippen LogP contribution in [-0.4, -0.2) is 16.0 Å². The molecular formula is C8H13ClO2. The average molecular weight is 177 g/mol. The smallest absolute Gasteiger partial charge is 0.309 e. The fourth-order valence-corrected chi connectivity index (χ4v) is 2.42. The van der Waals surface area contributed by atoms with E-state index in [0.717, 1.165) is 0 Å². The molecule has 64 valence electrons. The Bertz CT molecular complexity index is 179. The van der Waals surface area contributed by atoms with Crippen LogP contribution in [0.25, 0.3) is 0 Å². The summed E-state index contributed by atoms with van der Waals surface area (Å²) in [7, 11) is 0. The quantitative estimate of drug-likeness (QED) is 0.656. The zero-order chi connectivity index (χ0) is 8.70. The molecule has 0 unspecified atom stereocenters. The Labute approximate surface area is 71.5 Å². The number of carbonyl (C=O) groups is 1. The molecule has 0 radical (unpaired) electrons. The fraction of sp³-hybridized carbons (Fsp3) is 0.875. The summed E-state index contributed by atoms with van der Waals surface area (Å²) in [6.45, 7) is 3.80. The molecule has 0 saturated heterocycles. The Morgan fingerprint density at radius 1 is 1.64 bits per heavy atom. The Morgan fingerprint density at radius 3 is 2.18 bits per heavy atom. The average Bonchev–Trinajstić information content (AvgIpc) is 1.81. The molecule has 0 atom stereocenters. The second-order valence-electron chi connectivity index (χ2n) is 3.71. The van der Waals surface area contributed by atoms with Crippen molar-refractivity contribution in [2.75, 3.05) is 0 Å². The molecule has 1 rings (SSSR count). The van der Waals surface area contributed by atoms with E-state index in [1.54, 1.807) is 0 Å². The highest BCUT2D eigenvalue weighted by molar-refractivity contribution is 6.24. The predicted molar refractivity (Wildman–Crippen MR) is 43.9 cm³/mol. The van der Waals surface area contributed by atoms with Crippen LogP contribution in [0.1, 0.15) is 33.1 Å². The standard InChI is InChI=1S/C8H13ClO2/c1-3-8(6(10)11)4-7(2,9)5-8/h3-5H2,1-2H3,(H,10,11). The van der Waals surface area contributed by atoms with Crippen molar-refractivity contribution in [3.05, 3.63) is 0 Å². The van der Waals surface area contributed by atoms with Crippen molar-refractivity contribution >= 4 is 17.6 Å². The number of carboxylic acids is 1. The molecule has 0 aromatic carbocycles. The number of aliphatic carboxylic acids is 1. The van der Waals surface area contributed by atoms with E-state index in [1.807, 2.05) is 13.8 Å². The van der Waals surface area contributed by atoms with Gasteiger partial charge < -0.3 is 5.11 Å². The summed E-state index contributed by atoms with van der Waals surface area (Å²) in [5.41, 5.74) is -0.517. The number of hydrogen-bond donors (Lipinski definition) is 1. The van der Waals surface area contributed by atoms with Crippen LogP contribution in [0.4, 0.5) is 0 Å². The summed E-state index contributed by atoms with van der Waals surface area (Å²) in [5.74, 6) is -0.696. The number of hydrogen-bond acceptors (Lipinski definition) is 1. The first kappa shape index (κ1) is 8.85. The van der Waals surface area contributed by atoms with Gasteiger partial charge >= 0.3 is 5.97 Å². The Hall–Kier alpha value is -0.240. The van der Waals surface area contributed by atoms with Gasteiger partial charge in [-0.3, -0.25) is 4.79 Å². The lowest BCUT2D eigenvalue weighted by atomic mass is 9.61. The van der Waals surface area contributed by atoms with Crippen LogP contribution in [0.5, 0.6) is 0 Å². The summed E-state index contributed by atoms with van der Waals surface area (Å²) in [4.78, 5) is 10.5. The Kier molecular flexibility index (Phi) is 1.91. The van der Waals surface area contributed by atoms with Gasteiger partial charge in [0.15, 0.2) is 0 Å². The molecule has 0 aromatic rings. The van der Waals surface area contributed by atoms with Crippen LogP contribution >= 0.6 is 11.6 Å². The van der Waals surface area contributed by atoms with E-state index in [9.17, 15) is 4.79 Å². The van der Waals surface area contributed by atoms with E-state index in [0.29, 0.717) is 19.3 Å². The second-order valence-corrected chi connectivity index (χ2v) is 4.62. The van der Waals surface area contributed by atoms with E-state index >= 15 is 0 Å². The zero-order valence-corrected chi connectivity index (χ0v) is 7.61. The van der Waals surface area contributed by atoms with E-state index < -0.39 is 11.4 Å². The summed E-state index contributed by atoms with van der Waals surface area (Å²) in [6.07, 6.45) is 1.89. The molecule has 0 aromatic heterocycles. The molecule has 2 nitrogen and oxygen atoms in total. The van der Waals surface area contributed by atoms with Gasteiger partial charge in [0.05, 0.1) is 5.41 Å². The molecule has 0 aliphatic heterocycles. The van der Waals surface area contributed by atoms with Crippen molar-refractivity contribution in [1.82, 2.24) is 0 Å². The number of alkyl halides is 1. The maximum absolute atomic E-state index is 10.8. The van der Waals surface area contributed by atoms with Crippen LogP contribution in [0.3, 0.4) is 0 Å². The second kappa shape index (κ2) is 2.37. The topological polar surface area (TPSA) is 37.3 Å². The van der Waals surface area contributed by atoms with Crippen molar-refractivity contribution in [2.24, 2.45) is 5.41 Å². The van der Waals surface area contributed by atoms with E-state index in [-0.39, 0.29) is 4.87 Å². The van der Waals surface area contributed by atoms with Gasteiger partial charge in [-0.05, 0) is 26.2 Å². The van der Waals surface area contributed by atoms with Gasteiger partial charge in [0.2, 0.25) is 0 Å². The number of rotatable bonds is 2. The molecule has 11 heavy (non-hydrogen) atoms. The van der Waals surface area contributed by atoms with Gasteiger partial charge in [0.25, 0.3) is 0 Å². The lowest BCUT2D eigenvalue weighted by Crippen LogP contribution is -2.50. The van der Waals surface area contributed by atoms with Crippen LogP contribution < -0.4 is 0 Å². The Morgan fingerprint density at radius 2 is 2.09 bits per heavy atom. The fourth-order valence-electron chi connectivity index (χ4n) is 1.91. The number of carboxylic acid groups (broad SMARTS) is 1. The molecule has 1 fully saturated rings. The van der Waals surface area contributed by atoms with E-state index in [1.165, 1.54) is 0 Å². The maximum atomic E-state index is 10.8. The van der Waals surface area contributed by atoms with Gasteiger partial charge in [-0.25, -0.2) is 0 Å². The minimum absolute atomic E-state index is 0.269. The third-order valence-corrected chi connectivity index (χ3v) is 2.81. The van der Waals surface area contributed by atoms with Crippen molar-refractivity contribution in [1.29, 1.82) is 0 Å². The van der Waals surface area contributed by atoms with Gasteiger partial charge in [-0.1, -0.05) is 6.92 Å². The lowest BCUT2D eigenvalue weighted by molar-refractivity contribution is -0.156. The third-order valence-electron chi connectivity index (χ3n) is 2.54. The van der Waals surface area contributed by atoms with Gasteiger partial charge in [-0.15, -0.1) is 11.6 Å². The van der Waals surface area contributed by atoms with Crippen molar-refractivity contribution in [2.45, 2.75) is 38.0 Å². The molecule has 1 N–H and O–H groups in total. The first-order valence-corrected chi connectivity index (χ1v) is 4.22. The maximum Gasteiger partial charge on any atom is 0.309 e. The van der Waals surface area contributed by atoms with Crippen LogP contribution in [-0.2, 0) is 4.79 Å². The predicted octanol–water partition coefficient (Wildman–Crippen LogP) is 2.26. The third kappa shape index (κ3) is 1.36. The summed E-state index contributed by atoms with van der Waals surface area (Å²) in [6, 6.07) is 0. The highest BCUT2D eigenvalue weighted by Gasteiger charge is 2.54. The Balaban J connectivity index is 2.64. The molecule has 0 bridgehead atoms. The molecule has 3 heteroatoms. The van der Waals surface area contributed by atoms with Crippen molar-refractivity contribution in [3.8, 4) is 0 Å². The molecular weight excluding hydrogens is 164 g/mol. The molecule has 0 spiro atoms. The van der Waals surface area contributed by atoms with Crippen LogP contribution in [0, 0.1) is 5.41 Å². The zero-order valence-electron chi connectivity index (χ0n) is 6.85. The monoisotopic (exact) mass is 176 g/mol. The molecule has 0 heterocycles. The van der Waals surface area contributed by atoms with E-state index in [4.69, 9.17) is 16.7 Å². The molecule has 1 aliphatic carbocycles. The normalized spacial score (nSPS) is 43.2. The summed E-state index contributed by atoms with van der Waals surface area (Å²) < 4.78 is 0.